The fourth-order valence-corrected chi connectivity index (χ4v) is 3.66. The lowest BCUT2D eigenvalue weighted by Gasteiger charge is -2.22. The Labute approximate surface area is 159 Å². The highest BCUT2D eigenvalue weighted by Crippen LogP contribution is 2.19. The zero-order chi connectivity index (χ0) is 19.2. The quantitative estimate of drug-likeness (QED) is 0.715. The number of hydrogen-bond donors (Lipinski definition) is 3. The third-order valence-electron chi connectivity index (χ3n) is 4.26. The normalized spacial score (nSPS) is 14.6. The van der Waals surface area contributed by atoms with Crippen molar-refractivity contribution < 1.29 is 18.4 Å². The second-order valence-electron chi connectivity index (χ2n) is 6.43. The molecule has 1 saturated carbocycles. The molecule has 3 amide bonds. The molecule has 27 heavy (non-hydrogen) atoms. The number of aromatic nitrogens is 1. The first kappa shape index (κ1) is 19.2. The third kappa shape index (κ3) is 5.72. The number of amides is 3. The monoisotopic (exact) mass is 394 g/mol. The topological polar surface area (TPSA) is 83.1 Å². The fraction of sp³-hybridized carbons (Fsp3) is 0.389. The van der Waals surface area contributed by atoms with E-state index < -0.39 is 17.5 Å². The Balaban J connectivity index is 1.48. The number of thiazole rings is 1. The Bertz CT molecular complexity index is 821. The van der Waals surface area contributed by atoms with Gasteiger partial charge in [-0.05, 0) is 25.0 Å². The Kier molecular flexibility index (Phi) is 6.33. The van der Waals surface area contributed by atoms with Gasteiger partial charge < -0.3 is 10.6 Å². The van der Waals surface area contributed by atoms with Crippen molar-refractivity contribution in [2.75, 3.05) is 10.6 Å². The van der Waals surface area contributed by atoms with Gasteiger partial charge in [-0.2, -0.15) is 0 Å². The van der Waals surface area contributed by atoms with Gasteiger partial charge in [-0.3, -0.25) is 10.1 Å². The molecule has 1 fully saturated rings. The van der Waals surface area contributed by atoms with Crippen LogP contribution < -0.4 is 16.0 Å². The van der Waals surface area contributed by atoms with Gasteiger partial charge in [-0.25, -0.2) is 18.6 Å². The highest BCUT2D eigenvalue weighted by molar-refractivity contribution is 7.13. The maximum Gasteiger partial charge on any atom is 0.321 e. The summed E-state index contributed by atoms with van der Waals surface area (Å²) in [6.45, 7) is 0. The summed E-state index contributed by atoms with van der Waals surface area (Å²) in [7, 11) is 0. The first-order valence-corrected chi connectivity index (χ1v) is 9.64. The molecule has 1 aromatic heterocycles. The highest BCUT2D eigenvalue weighted by Gasteiger charge is 2.16. The van der Waals surface area contributed by atoms with Gasteiger partial charge in [0.1, 0.15) is 0 Å². The third-order valence-corrected chi connectivity index (χ3v) is 5.06. The average molecular weight is 394 g/mol. The first-order valence-electron chi connectivity index (χ1n) is 8.76. The van der Waals surface area contributed by atoms with Crippen molar-refractivity contribution in [3.05, 3.63) is 40.9 Å². The molecule has 0 aliphatic heterocycles. The lowest BCUT2D eigenvalue weighted by molar-refractivity contribution is -0.115. The van der Waals surface area contributed by atoms with Gasteiger partial charge in [0.2, 0.25) is 5.91 Å². The fourth-order valence-electron chi connectivity index (χ4n) is 2.95. The van der Waals surface area contributed by atoms with E-state index in [0.717, 1.165) is 37.8 Å². The minimum Gasteiger partial charge on any atom is -0.335 e. The van der Waals surface area contributed by atoms with Gasteiger partial charge in [0.25, 0.3) is 0 Å². The van der Waals surface area contributed by atoms with Crippen LogP contribution in [0, 0.1) is 11.6 Å². The largest absolute Gasteiger partial charge is 0.335 e. The Hall–Kier alpha value is -2.55. The van der Waals surface area contributed by atoms with Gasteiger partial charge >= 0.3 is 6.03 Å². The van der Waals surface area contributed by atoms with E-state index in [9.17, 15) is 18.4 Å². The van der Waals surface area contributed by atoms with Crippen molar-refractivity contribution in [2.24, 2.45) is 0 Å². The molecular formula is C18H20F2N4O2S. The molecule has 0 saturated heterocycles. The molecule has 0 unspecified atom stereocenters. The number of urea groups is 1. The second-order valence-corrected chi connectivity index (χ2v) is 7.29. The molecule has 1 heterocycles. The van der Waals surface area contributed by atoms with Crippen molar-refractivity contribution >= 4 is 34.1 Å². The molecule has 0 radical (unpaired) electrons. The van der Waals surface area contributed by atoms with E-state index in [1.54, 1.807) is 5.38 Å². The van der Waals surface area contributed by atoms with Crippen LogP contribution in [0.4, 0.5) is 24.4 Å². The molecule has 9 heteroatoms. The van der Waals surface area contributed by atoms with E-state index in [1.807, 2.05) is 0 Å². The maximum absolute atomic E-state index is 13.2. The Morgan fingerprint density at radius 3 is 2.63 bits per heavy atom. The molecule has 3 rings (SSSR count). The molecule has 1 aromatic carbocycles. The van der Waals surface area contributed by atoms with Crippen LogP contribution in [-0.2, 0) is 11.2 Å². The van der Waals surface area contributed by atoms with E-state index in [4.69, 9.17) is 0 Å². The first-order chi connectivity index (χ1) is 13.0. The van der Waals surface area contributed by atoms with E-state index in [2.05, 4.69) is 20.9 Å². The molecule has 144 valence electrons. The molecule has 0 atom stereocenters. The summed E-state index contributed by atoms with van der Waals surface area (Å²) in [5.74, 6) is -2.42. The molecule has 1 aliphatic carbocycles. The van der Waals surface area contributed by atoms with Crippen LogP contribution in [-0.4, -0.2) is 23.0 Å². The smallest absolute Gasteiger partial charge is 0.321 e. The van der Waals surface area contributed by atoms with E-state index in [-0.39, 0.29) is 24.2 Å². The number of hydrogen-bond acceptors (Lipinski definition) is 4. The Morgan fingerprint density at radius 2 is 1.89 bits per heavy atom. The predicted molar refractivity (Wildman–Crippen MR) is 99.8 cm³/mol. The summed E-state index contributed by atoms with van der Waals surface area (Å²) in [6, 6.07) is 3.03. The number of benzene rings is 1. The molecule has 6 nitrogen and oxygen atoms in total. The minimum atomic E-state index is -1.03. The van der Waals surface area contributed by atoms with Crippen LogP contribution in [0.15, 0.2) is 23.6 Å². The maximum atomic E-state index is 13.2. The van der Waals surface area contributed by atoms with Crippen molar-refractivity contribution in [2.45, 2.75) is 44.6 Å². The Morgan fingerprint density at radius 1 is 1.11 bits per heavy atom. The predicted octanol–water partition coefficient (Wildman–Crippen LogP) is 4.06. The van der Waals surface area contributed by atoms with Crippen LogP contribution in [0.1, 0.15) is 37.8 Å². The number of nitrogens with one attached hydrogen (secondary N) is 3. The van der Waals surface area contributed by atoms with Crippen LogP contribution in [0.3, 0.4) is 0 Å². The lowest BCUT2D eigenvalue weighted by Crippen LogP contribution is -2.39. The zero-order valence-corrected chi connectivity index (χ0v) is 15.4. The van der Waals surface area contributed by atoms with Gasteiger partial charge in [-0.15, -0.1) is 11.3 Å². The van der Waals surface area contributed by atoms with E-state index >= 15 is 0 Å². The summed E-state index contributed by atoms with van der Waals surface area (Å²) >= 11 is 1.22. The highest BCUT2D eigenvalue weighted by atomic mass is 32.1. The molecule has 2 aromatic rings. The molecule has 0 spiro atoms. The molecular weight excluding hydrogens is 374 g/mol. The number of halogens is 2. The average Bonchev–Trinajstić information content (AvgIpc) is 3.05. The van der Waals surface area contributed by atoms with E-state index in [1.165, 1.54) is 23.8 Å². The standard InChI is InChI=1S/C18H20F2N4O2S/c19-14-7-6-12(8-15(14)20)21-16(25)9-13-10-27-18(23-13)24-17(26)22-11-4-2-1-3-5-11/h6-8,10-11H,1-5,9H2,(H,21,25)(H2,22,23,24,26). The van der Waals surface area contributed by atoms with Crippen LogP contribution in [0.25, 0.3) is 0 Å². The van der Waals surface area contributed by atoms with Gasteiger partial charge in [0.05, 0.1) is 12.1 Å². The van der Waals surface area contributed by atoms with Crippen LogP contribution >= 0.6 is 11.3 Å². The van der Waals surface area contributed by atoms with Crippen LogP contribution in [0.5, 0.6) is 0 Å². The number of carbonyl (C=O) groups excluding carboxylic acids is 2. The number of anilines is 2. The summed E-state index contributed by atoms with van der Waals surface area (Å²) in [5.41, 5.74) is 0.646. The summed E-state index contributed by atoms with van der Waals surface area (Å²) in [6.07, 6.45) is 5.39. The number of carbonyl (C=O) groups is 2. The van der Waals surface area contributed by atoms with Gasteiger partial charge in [0, 0.05) is 23.2 Å². The summed E-state index contributed by atoms with van der Waals surface area (Å²) in [5, 5.41) is 10.2. The van der Waals surface area contributed by atoms with Crippen molar-refractivity contribution in [3.63, 3.8) is 0 Å². The van der Waals surface area contributed by atoms with Gasteiger partial charge in [-0.1, -0.05) is 19.3 Å². The number of nitrogens with zero attached hydrogens (tertiary/aromatic N) is 1. The van der Waals surface area contributed by atoms with Crippen molar-refractivity contribution in [1.82, 2.24) is 10.3 Å². The molecule has 0 bridgehead atoms. The summed E-state index contributed by atoms with van der Waals surface area (Å²) < 4.78 is 26.1. The molecule has 1 aliphatic rings. The second kappa shape index (κ2) is 8.90. The molecule has 3 N–H and O–H groups in total. The SMILES string of the molecule is O=C(Cc1csc(NC(=O)NC2CCCCC2)n1)Nc1ccc(F)c(F)c1. The van der Waals surface area contributed by atoms with Crippen LogP contribution in [0.2, 0.25) is 0 Å². The minimum absolute atomic E-state index is 0.0403. The van der Waals surface area contributed by atoms with Crippen molar-refractivity contribution in [3.8, 4) is 0 Å². The van der Waals surface area contributed by atoms with Crippen molar-refractivity contribution in [1.29, 1.82) is 0 Å². The number of rotatable bonds is 5. The van der Waals surface area contributed by atoms with Gasteiger partial charge in [0.15, 0.2) is 16.8 Å². The zero-order valence-electron chi connectivity index (χ0n) is 14.6. The summed E-state index contributed by atoms with van der Waals surface area (Å²) in [4.78, 5) is 28.2. The van der Waals surface area contributed by atoms with E-state index in [0.29, 0.717) is 10.8 Å². The lowest BCUT2D eigenvalue weighted by atomic mass is 9.96.